The maximum absolute atomic E-state index is 8.90. The number of nitrogens with one attached hydrogen (secondary N) is 1. The predicted octanol–water partition coefficient (Wildman–Crippen LogP) is 3.25. The number of benzene rings is 2. The molecule has 3 rings (SSSR count). The van der Waals surface area contributed by atoms with Crippen LogP contribution < -0.4 is 4.90 Å². The number of fused-ring (bicyclic) bond motifs is 1. The van der Waals surface area contributed by atoms with Gasteiger partial charge in [-0.15, -0.1) is 0 Å². The number of rotatable bonds is 3. The van der Waals surface area contributed by atoms with Gasteiger partial charge in [0.15, 0.2) is 0 Å². The lowest BCUT2D eigenvalue weighted by molar-refractivity contribution is 1.13. The van der Waals surface area contributed by atoms with Crippen molar-refractivity contribution in [3.63, 3.8) is 0 Å². The van der Waals surface area contributed by atoms with Gasteiger partial charge in [0.1, 0.15) is 0 Å². The van der Waals surface area contributed by atoms with Crippen molar-refractivity contribution in [1.82, 2.24) is 9.97 Å². The fraction of sp³-hybridized carbons (Fsp3) is 0.118. The monoisotopic (exact) mass is 289 g/mol. The smallest absolute Gasteiger partial charge is 0.227 e. The molecular weight excluding hydrogens is 274 g/mol. The quantitative estimate of drug-likeness (QED) is 0.752. The third-order valence-electron chi connectivity index (χ3n) is 3.34. The van der Waals surface area contributed by atoms with Crippen molar-refractivity contribution in [1.29, 1.82) is 5.26 Å². The van der Waals surface area contributed by atoms with Crippen LogP contribution in [0.25, 0.3) is 11.0 Å². The molecule has 1 heterocycles. The molecule has 0 aliphatic heterocycles. The van der Waals surface area contributed by atoms with Crippen molar-refractivity contribution in [3.05, 3.63) is 53.6 Å². The number of imidazole rings is 1. The van der Waals surface area contributed by atoms with Crippen LogP contribution in [-0.4, -0.2) is 30.3 Å². The number of nitrogens with zero attached hydrogens (tertiary/aromatic N) is 4. The summed E-state index contributed by atoms with van der Waals surface area (Å²) in [5, 5.41) is 8.90. The molecule has 1 aromatic heterocycles. The lowest BCUT2D eigenvalue weighted by Gasteiger charge is -2.11. The molecule has 0 unspecified atom stereocenters. The van der Waals surface area contributed by atoms with Gasteiger partial charge in [-0.1, -0.05) is 12.1 Å². The van der Waals surface area contributed by atoms with Gasteiger partial charge in [-0.3, -0.25) is 0 Å². The molecule has 0 bridgehead atoms. The van der Waals surface area contributed by atoms with Gasteiger partial charge in [0.25, 0.3) is 0 Å². The summed E-state index contributed by atoms with van der Waals surface area (Å²) in [5.74, 6) is 0.529. The molecule has 0 radical (unpaired) electrons. The molecule has 3 aromatic rings. The molecule has 0 atom stereocenters. The Morgan fingerprint density at radius 1 is 1.18 bits per heavy atom. The maximum atomic E-state index is 8.90. The van der Waals surface area contributed by atoms with E-state index in [9.17, 15) is 0 Å². The number of anilines is 1. The van der Waals surface area contributed by atoms with E-state index in [2.05, 4.69) is 21.0 Å². The molecule has 108 valence electrons. The fourth-order valence-corrected chi connectivity index (χ4v) is 2.12. The molecule has 0 fully saturated rings. The number of aromatic nitrogens is 2. The van der Waals surface area contributed by atoms with Crippen molar-refractivity contribution in [2.75, 3.05) is 19.0 Å². The molecule has 22 heavy (non-hydrogen) atoms. The van der Waals surface area contributed by atoms with E-state index in [1.165, 1.54) is 0 Å². The number of aliphatic imine (C=N–C) groups is 1. The highest BCUT2D eigenvalue weighted by atomic mass is 15.1. The van der Waals surface area contributed by atoms with Crippen molar-refractivity contribution in [2.24, 2.45) is 4.99 Å². The summed E-state index contributed by atoms with van der Waals surface area (Å²) < 4.78 is 0. The van der Waals surface area contributed by atoms with Gasteiger partial charge in [-0.2, -0.15) is 5.26 Å². The number of aromatic amines is 1. The molecule has 0 saturated heterocycles. The van der Waals surface area contributed by atoms with E-state index in [-0.39, 0.29) is 0 Å². The minimum atomic E-state index is 0.529. The standard InChI is InChI=1S/C17H15N5/c1-22(2)14-6-3-12(4-7-14)11-19-17-20-15-8-5-13(10-18)9-16(15)21-17/h3-9,11H,1-2H3,(H,20,21)/b19-11+. The average Bonchev–Trinajstić information content (AvgIpc) is 2.95. The number of hydrogen-bond donors (Lipinski definition) is 1. The Morgan fingerprint density at radius 3 is 2.64 bits per heavy atom. The Hall–Kier alpha value is -3.13. The zero-order valence-corrected chi connectivity index (χ0v) is 12.4. The first-order chi connectivity index (χ1) is 10.7. The second-order valence-electron chi connectivity index (χ2n) is 5.15. The molecule has 1 N–H and O–H groups in total. The summed E-state index contributed by atoms with van der Waals surface area (Å²) in [6.07, 6.45) is 1.77. The molecule has 5 nitrogen and oxygen atoms in total. The highest BCUT2D eigenvalue weighted by molar-refractivity contribution is 5.84. The molecular formula is C17H15N5. The van der Waals surface area contributed by atoms with Crippen molar-refractivity contribution >= 4 is 28.9 Å². The summed E-state index contributed by atoms with van der Waals surface area (Å²) in [5.41, 5.74) is 4.36. The van der Waals surface area contributed by atoms with E-state index in [4.69, 9.17) is 5.26 Å². The molecule has 0 saturated carbocycles. The van der Waals surface area contributed by atoms with Gasteiger partial charge in [0.2, 0.25) is 5.95 Å². The summed E-state index contributed by atoms with van der Waals surface area (Å²) >= 11 is 0. The van der Waals surface area contributed by atoms with E-state index in [0.29, 0.717) is 11.5 Å². The fourth-order valence-electron chi connectivity index (χ4n) is 2.12. The summed E-state index contributed by atoms with van der Waals surface area (Å²) in [7, 11) is 4.01. The molecule has 0 aliphatic carbocycles. The lowest BCUT2D eigenvalue weighted by Crippen LogP contribution is -2.08. The van der Waals surface area contributed by atoms with Crippen LogP contribution >= 0.6 is 0 Å². The van der Waals surface area contributed by atoms with Crippen LogP contribution in [0.15, 0.2) is 47.5 Å². The zero-order chi connectivity index (χ0) is 15.5. The van der Waals surface area contributed by atoms with Crippen LogP contribution in [0.2, 0.25) is 0 Å². The van der Waals surface area contributed by atoms with Gasteiger partial charge in [0.05, 0.1) is 22.7 Å². The first-order valence-electron chi connectivity index (χ1n) is 6.87. The number of nitriles is 1. The van der Waals surface area contributed by atoms with Crippen LogP contribution in [0.4, 0.5) is 11.6 Å². The van der Waals surface area contributed by atoms with E-state index < -0.39 is 0 Å². The topological polar surface area (TPSA) is 68.1 Å². The van der Waals surface area contributed by atoms with Crippen LogP contribution in [0.1, 0.15) is 11.1 Å². The Kier molecular flexibility index (Phi) is 3.58. The normalized spacial score (nSPS) is 11.0. The van der Waals surface area contributed by atoms with Gasteiger partial charge >= 0.3 is 0 Å². The van der Waals surface area contributed by atoms with Gasteiger partial charge < -0.3 is 9.88 Å². The number of hydrogen-bond acceptors (Lipinski definition) is 4. The first-order valence-corrected chi connectivity index (χ1v) is 6.87. The Balaban J connectivity index is 1.84. The largest absolute Gasteiger partial charge is 0.378 e. The van der Waals surface area contributed by atoms with Crippen molar-refractivity contribution in [2.45, 2.75) is 0 Å². The van der Waals surface area contributed by atoms with E-state index in [1.54, 1.807) is 18.3 Å². The lowest BCUT2D eigenvalue weighted by atomic mass is 10.2. The van der Waals surface area contributed by atoms with Crippen molar-refractivity contribution in [3.8, 4) is 6.07 Å². The van der Waals surface area contributed by atoms with Crippen LogP contribution in [-0.2, 0) is 0 Å². The van der Waals surface area contributed by atoms with E-state index in [1.807, 2.05) is 49.3 Å². The molecule has 2 aromatic carbocycles. The molecule has 0 aliphatic rings. The Morgan fingerprint density at radius 2 is 1.95 bits per heavy atom. The van der Waals surface area contributed by atoms with Crippen LogP contribution in [0.3, 0.4) is 0 Å². The minimum absolute atomic E-state index is 0.529. The number of H-pyrrole nitrogens is 1. The maximum Gasteiger partial charge on any atom is 0.227 e. The van der Waals surface area contributed by atoms with Gasteiger partial charge in [-0.25, -0.2) is 9.98 Å². The molecule has 0 amide bonds. The van der Waals surface area contributed by atoms with E-state index >= 15 is 0 Å². The second kappa shape index (κ2) is 5.70. The highest BCUT2D eigenvalue weighted by Gasteiger charge is 2.02. The Labute approximate surface area is 128 Å². The summed E-state index contributed by atoms with van der Waals surface area (Å²) in [4.78, 5) is 13.9. The SMILES string of the molecule is CN(C)c1ccc(/C=N/c2nc3ccc(C#N)cc3[nH]2)cc1. The highest BCUT2D eigenvalue weighted by Crippen LogP contribution is 2.18. The predicted molar refractivity (Wildman–Crippen MR) is 88.8 cm³/mol. The van der Waals surface area contributed by atoms with Gasteiger partial charge in [0, 0.05) is 26.0 Å². The third kappa shape index (κ3) is 2.81. The third-order valence-corrected chi connectivity index (χ3v) is 3.34. The second-order valence-corrected chi connectivity index (χ2v) is 5.15. The van der Waals surface area contributed by atoms with Crippen molar-refractivity contribution < 1.29 is 0 Å². The zero-order valence-electron chi connectivity index (χ0n) is 12.4. The van der Waals surface area contributed by atoms with Crippen LogP contribution in [0.5, 0.6) is 0 Å². The van der Waals surface area contributed by atoms with Crippen LogP contribution in [0, 0.1) is 11.3 Å². The summed E-state index contributed by atoms with van der Waals surface area (Å²) in [6.45, 7) is 0. The van der Waals surface area contributed by atoms with Gasteiger partial charge in [-0.05, 0) is 35.9 Å². The summed E-state index contributed by atoms with van der Waals surface area (Å²) in [6, 6.07) is 15.5. The van der Waals surface area contributed by atoms with E-state index in [0.717, 1.165) is 22.3 Å². The molecule has 5 heteroatoms. The first kappa shape index (κ1) is 13.8. The average molecular weight is 289 g/mol. The minimum Gasteiger partial charge on any atom is -0.378 e. The Bertz CT molecular complexity index is 866. The molecule has 0 spiro atoms.